The van der Waals surface area contributed by atoms with E-state index < -0.39 is 17.7 Å². The molecule has 0 spiro atoms. The van der Waals surface area contributed by atoms with E-state index in [4.69, 9.17) is 15.9 Å². The molecule has 0 aliphatic rings. The van der Waals surface area contributed by atoms with E-state index in [1.165, 1.54) is 0 Å². The quantitative estimate of drug-likeness (QED) is 0.564. The SMILES string of the molecule is CC(C)(C)OC(=O)N[C@H]([C]=O)Cc1ccc(C(=N)N)cc1. The maximum Gasteiger partial charge on any atom is 0.408 e. The van der Waals surface area contributed by atoms with Crippen molar-refractivity contribution in [2.24, 2.45) is 5.73 Å². The maximum absolute atomic E-state index is 11.6. The van der Waals surface area contributed by atoms with Gasteiger partial charge in [0, 0.05) is 12.0 Å². The first-order chi connectivity index (χ1) is 9.71. The summed E-state index contributed by atoms with van der Waals surface area (Å²) in [5.74, 6) is -0.0214. The van der Waals surface area contributed by atoms with Crippen molar-refractivity contribution < 1.29 is 14.3 Å². The summed E-state index contributed by atoms with van der Waals surface area (Å²) in [5, 5.41) is 9.76. The standard InChI is InChI=1S/C15H20N3O3/c1-15(2,3)21-14(20)18-12(9-19)8-10-4-6-11(7-5-10)13(16)17/h4-7,12H,8H2,1-3H3,(H3,16,17)(H,18,20)/t12-/m0/s1. The first kappa shape index (κ1) is 16.7. The predicted octanol–water partition coefficient (Wildman–Crippen LogP) is 1.52. The number of carbonyl (C=O) groups is 1. The smallest absolute Gasteiger partial charge is 0.408 e. The normalized spacial score (nSPS) is 12.3. The Morgan fingerprint density at radius 2 is 1.95 bits per heavy atom. The average molecular weight is 290 g/mol. The van der Waals surface area contributed by atoms with Crippen LogP contribution in [0.15, 0.2) is 24.3 Å². The minimum atomic E-state index is -0.789. The molecule has 0 aromatic heterocycles. The third kappa shape index (κ3) is 6.07. The third-order valence-electron chi connectivity index (χ3n) is 2.54. The molecule has 6 heteroatoms. The van der Waals surface area contributed by atoms with E-state index in [1.54, 1.807) is 51.3 Å². The van der Waals surface area contributed by atoms with Gasteiger partial charge in [-0.05, 0) is 26.3 Å². The lowest BCUT2D eigenvalue weighted by atomic mass is 10.0. The summed E-state index contributed by atoms with van der Waals surface area (Å²) in [7, 11) is 0. The molecule has 1 rings (SSSR count). The summed E-state index contributed by atoms with van der Waals surface area (Å²) in [4.78, 5) is 22.5. The summed E-state index contributed by atoms with van der Waals surface area (Å²) >= 11 is 0. The Kier molecular flexibility index (Phi) is 5.46. The average Bonchev–Trinajstić information content (AvgIpc) is 2.36. The van der Waals surface area contributed by atoms with Crippen LogP contribution in [0.1, 0.15) is 31.9 Å². The number of amides is 1. The molecule has 0 saturated carbocycles. The molecule has 1 aromatic rings. The number of rotatable bonds is 5. The zero-order valence-corrected chi connectivity index (χ0v) is 12.4. The fraction of sp³-hybridized carbons (Fsp3) is 0.400. The second-order valence-corrected chi connectivity index (χ2v) is 5.63. The van der Waals surface area contributed by atoms with Crippen molar-refractivity contribution >= 4 is 18.2 Å². The van der Waals surface area contributed by atoms with Crippen LogP contribution in [0.5, 0.6) is 0 Å². The number of hydrogen-bond acceptors (Lipinski definition) is 4. The van der Waals surface area contributed by atoms with E-state index in [0.717, 1.165) is 5.56 Å². The van der Waals surface area contributed by atoms with Crippen LogP contribution in [0, 0.1) is 5.41 Å². The minimum Gasteiger partial charge on any atom is -0.444 e. The fourth-order valence-corrected chi connectivity index (χ4v) is 1.63. The van der Waals surface area contributed by atoms with Gasteiger partial charge >= 0.3 is 6.09 Å². The molecule has 0 unspecified atom stereocenters. The second-order valence-electron chi connectivity index (χ2n) is 5.63. The van der Waals surface area contributed by atoms with E-state index in [9.17, 15) is 9.59 Å². The van der Waals surface area contributed by atoms with Crippen LogP contribution in [-0.2, 0) is 16.0 Å². The monoisotopic (exact) mass is 290 g/mol. The molecule has 1 aromatic carbocycles. The molecule has 0 fully saturated rings. The number of carbonyl (C=O) groups excluding carboxylic acids is 2. The molecule has 1 amide bonds. The number of amidine groups is 1. The highest BCUT2D eigenvalue weighted by Gasteiger charge is 2.19. The van der Waals surface area contributed by atoms with Crippen molar-refractivity contribution in [1.82, 2.24) is 5.32 Å². The topological polar surface area (TPSA) is 105 Å². The van der Waals surface area contributed by atoms with Gasteiger partial charge in [-0.2, -0.15) is 0 Å². The van der Waals surface area contributed by atoms with Crippen LogP contribution in [0.2, 0.25) is 0 Å². The van der Waals surface area contributed by atoms with Gasteiger partial charge in [-0.1, -0.05) is 24.3 Å². The largest absolute Gasteiger partial charge is 0.444 e. The summed E-state index contributed by atoms with van der Waals surface area (Å²) < 4.78 is 5.08. The lowest BCUT2D eigenvalue weighted by molar-refractivity contribution is 0.0517. The Labute approximate surface area is 124 Å². The number of nitrogen functional groups attached to an aromatic ring is 1. The zero-order valence-electron chi connectivity index (χ0n) is 12.4. The van der Waals surface area contributed by atoms with Crippen LogP contribution in [0.25, 0.3) is 0 Å². The van der Waals surface area contributed by atoms with Crippen molar-refractivity contribution in [2.45, 2.75) is 38.8 Å². The highest BCUT2D eigenvalue weighted by molar-refractivity contribution is 5.94. The minimum absolute atomic E-state index is 0.0214. The number of ether oxygens (including phenoxy) is 1. The van der Waals surface area contributed by atoms with Crippen molar-refractivity contribution in [3.05, 3.63) is 35.4 Å². The summed E-state index contributed by atoms with van der Waals surface area (Å²) in [6.45, 7) is 5.23. The first-order valence-corrected chi connectivity index (χ1v) is 6.52. The first-order valence-electron chi connectivity index (χ1n) is 6.52. The fourth-order valence-electron chi connectivity index (χ4n) is 1.63. The molecule has 1 atom stereocenters. The van der Waals surface area contributed by atoms with Crippen LogP contribution in [0.4, 0.5) is 4.79 Å². The Hall–Kier alpha value is -2.37. The van der Waals surface area contributed by atoms with E-state index >= 15 is 0 Å². The van der Waals surface area contributed by atoms with Crippen molar-refractivity contribution in [3.8, 4) is 0 Å². The molecular weight excluding hydrogens is 270 g/mol. The highest BCUT2D eigenvalue weighted by Crippen LogP contribution is 2.09. The molecule has 113 valence electrons. The molecule has 0 aliphatic heterocycles. The molecule has 21 heavy (non-hydrogen) atoms. The van der Waals surface area contributed by atoms with Crippen LogP contribution < -0.4 is 11.1 Å². The molecule has 1 radical (unpaired) electrons. The zero-order chi connectivity index (χ0) is 16.0. The van der Waals surface area contributed by atoms with E-state index in [1.807, 2.05) is 0 Å². The predicted molar refractivity (Wildman–Crippen MR) is 80.0 cm³/mol. The molecule has 0 saturated heterocycles. The van der Waals surface area contributed by atoms with Gasteiger partial charge in [0.2, 0.25) is 6.29 Å². The number of nitrogens with two attached hydrogens (primary N) is 1. The molecular formula is C15H20N3O3. The lowest BCUT2D eigenvalue weighted by Gasteiger charge is -2.21. The number of alkyl carbamates (subject to hydrolysis) is 1. The molecule has 0 aliphatic carbocycles. The van der Waals surface area contributed by atoms with Gasteiger partial charge in [0.1, 0.15) is 17.5 Å². The van der Waals surface area contributed by atoms with Crippen molar-refractivity contribution in [3.63, 3.8) is 0 Å². The highest BCUT2D eigenvalue weighted by atomic mass is 16.6. The lowest BCUT2D eigenvalue weighted by Crippen LogP contribution is -2.41. The number of benzene rings is 1. The van der Waals surface area contributed by atoms with Gasteiger partial charge in [-0.15, -0.1) is 0 Å². The van der Waals surface area contributed by atoms with Gasteiger partial charge in [0.05, 0.1) is 0 Å². The van der Waals surface area contributed by atoms with Gasteiger partial charge in [0.25, 0.3) is 0 Å². The number of nitrogens with one attached hydrogen (secondary N) is 2. The van der Waals surface area contributed by atoms with Gasteiger partial charge < -0.3 is 15.8 Å². The molecule has 0 heterocycles. The van der Waals surface area contributed by atoms with E-state index in [2.05, 4.69) is 5.32 Å². The van der Waals surface area contributed by atoms with Crippen LogP contribution in [-0.4, -0.2) is 29.9 Å². The Bertz CT molecular complexity index is 518. The van der Waals surface area contributed by atoms with Gasteiger partial charge in [-0.25, -0.2) is 4.79 Å². The van der Waals surface area contributed by atoms with Crippen molar-refractivity contribution in [2.75, 3.05) is 0 Å². The summed E-state index contributed by atoms with van der Waals surface area (Å²) in [6, 6.07) is 6.08. The Morgan fingerprint density at radius 1 is 1.38 bits per heavy atom. The summed E-state index contributed by atoms with van der Waals surface area (Å²) in [5.41, 5.74) is 6.16. The Morgan fingerprint density at radius 3 is 2.38 bits per heavy atom. The second kappa shape index (κ2) is 6.88. The summed E-state index contributed by atoms with van der Waals surface area (Å²) in [6.07, 6.45) is 1.41. The van der Waals surface area contributed by atoms with Gasteiger partial charge in [0.15, 0.2) is 0 Å². The molecule has 6 nitrogen and oxygen atoms in total. The third-order valence-corrected chi connectivity index (χ3v) is 2.54. The van der Waals surface area contributed by atoms with E-state index in [-0.39, 0.29) is 5.84 Å². The molecule has 0 bridgehead atoms. The van der Waals surface area contributed by atoms with Crippen molar-refractivity contribution in [1.29, 1.82) is 5.41 Å². The van der Waals surface area contributed by atoms with Crippen LogP contribution in [0.3, 0.4) is 0 Å². The maximum atomic E-state index is 11.6. The van der Waals surface area contributed by atoms with Gasteiger partial charge in [-0.3, -0.25) is 10.2 Å². The Balaban J connectivity index is 2.63. The number of hydrogen-bond donors (Lipinski definition) is 3. The van der Waals surface area contributed by atoms with E-state index in [0.29, 0.717) is 12.0 Å². The van der Waals surface area contributed by atoms with Crippen LogP contribution >= 0.6 is 0 Å². The molecule has 4 N–H and O–H groups in total.